The highest BCUT2D eigenvalue weighted by molar-refractivity contribution is 6.00. The maximum atomic E-state index is 11.8. The third-order valence-electron chi connectivity index (χ3n) is 3.26. The van der Waals surface area contributed by atoms with Crippen molar-refractivity contribution in [3.63, 3.8) is 0 Å². The summed E-state index contributed by atoms with van der Waals surface area (Å²) in [5.74, 6) is 0.0375. The van der Waals surface area contributed by atoms with Crippen molar-refractivity contribution in [2.24, 2.45) is 0 Å². The van der Waals surface area contributed by atoms with E-state index in [2.05, 4.69) is 22.8 Å². The molecule has 0 heterocycles. The Labute approximate surface area is 121 Å². The van der Waals surface area contributed by atoms with Crippen molar-refractivity contribution < 1.29 is 4.79 Å². The summed E-state index contributed by atoms with van der Waals surface area (Å²) in [6.45, 7) is 6.34. The van der Waals surface area contributed by atoms with Gasteiger partial charge < -0.3 is 9.80 Å². The molecule has 0 saturated carbocycles. The van der Waals surface area contributed by atoms with Gasteiger partial charge in [0.25, 0.3) is 0 Å². The first-order valence-corrected chi connectivity index (χ1v) is 6.94. The first kappa shape index (κ1) is 16.2. The van der Waals surface area contributed by atoms with Crippen LogP contribution >= 0.6 is 0 Å². The quantitative estimate of drug-likeness (QED) is 0.716. The molecule has 108 valence electrons. The predicted octanol–water partition coefficient (Wildman–Crippen LogP) is 2.54. The van der Waals surface area contributed by atoms with E-state index in [0.29, 0.717) is 11.1 Å². The Bertz CT molecular complexity index is 503. The van der Waals surface area contributed by atoms with Crippen LogP contribution in [0.15, 0.2) is 18.2 Å². The molecule has 0 bridgehead atoms. The van der Waals surface area contributed by atoms with Crippen LogP contribution in [0.3, 0.4) is 0 Å². The average molecular weight is 273 g/mol. The van der Waals surface area contributed by atoms with Gasteiger partial charge in [0.1, 0.15) is 0 Å². The summed E-state index contributed by atoms with van der Waals surface area (Å²) >= 11 is 0. The molecule has 1 aromatic rings. The van der Waals surface area contributed by atoms with E-state index in [1.165, 1.54) is 0 Å². The van der Waals surface area contributed by atoms with Crippen molar-refractivity contribution in [1.82, 2.24) is 4.90 Å². The van der Waals surface area contributed by atoms with Crippen LogP contribution in [-0.2, 0) is 0 Å². The van der Waals surface area contributed by atoms with E-state index in [9.17, 15) is 4.79 Å². The zero-order chi connectivity index (χ0) is 15.1. The first-order valence-electron chi connectivity index (χ1n) is 6.94. The van der Waals surface area contributed by atoms with E-state index < -0.39 is 0 Å². The molecule has 4 nitrogen and oxygen atoms in total. The van der Waals surface area contributed by atoms with Gasteiger partial charge in [-0.2, -0.15) is 5.26 Å². The van der Waals surface area contributed by atoms with Crippen LogP contribution in [0.5, 0.6) is 0 Å². The first-order chi connectivity index (χ1) is 9.49. The molecule has 0 atom stereocenters. The number of Topliss-reactive ketones (excluding diaryl/α,β-unsaturated/α-hetero) is 1. The number of nitriles is 1. The van der Waals surface area contributed by atoms with E-state index in [-0.39, 0.29) is 5.78 Å². The van der Waals surface area contributed by atoms with E-state index in [1.807, 2.05) is 20.2 Å². The van der Waals surface area contributed by atoms with E-state index >= 15 is 0 Å². The standard InChI is InChI=1S/C16H23N3O/c1-5-19(10-6-9-18(3)4)16-11-14(12-17)7-8-15(16)13(2)20/h7-8,11H,5-6,9-10H2,1-4H3. The number of benzene rings is 1. The Kier molecular flexibility index (Phi) is 6.20. The molecule has 1 rings (SSSR count). The molecule has 0 N–H and O–H groups in total. The molecule has 0 radical (unpaired) electrons. The lowest BCUT2D eigenvalue weighted by Gasteiger charge is -2.26. The molecular formula is C16H23N3O. The summed E-state index contributed by atoms with van der Waals surface area (Å²) in [5, 5.41) is 9.03. The second kappa shape index (κ2) is 7.66. The molecule has 20 heavy (non-hydrogen) atoms. The SMILES string of the molecule is CCN(CCCN(C)C)c1cc(C#N)ccc1C(C)=O. The van der Waals surface area contributed by atoms with Crippen molar-refractivity contribution in [2.75, 3.05) is 38.6 Å². The molecule has 0 saturated heterocycles. The normalized spacial score (nSPS) is 10.4. The van der Waals surface area contributed by atoms with Crippen LogP contribution in [-0.4, -0.2) is 44.4 Å². The van der Waals surface area contributed by atoms with Crippen LogP contribution in [0.4, 0.5) is 5.69 Å². The molecule has 0 amide bonds. The number of hydrogen-bond acceptors (Lipinski definition) is 4. The lowest BCUT2D eigenvalue weighted by molar-refractivity contribution is 0.101. The van der Waals surface area contributed by atoms with Crippen LogP contribution in [0, 0.1) is 11.3 Å². The van der Waals surface area contributed by atoms with Gasteiger partial charge in [0.05, 0.1) is 11.6 Å². The van der Waals surface area contributed by atoms with Gasteiger partial charge in [-0.05, 0) is 59.1 Å². The number of carbonyl (C=O) groups is 1. The monoisotopic (exact) mass is 273 g/mol. The van der Waals surface area contributed by atoms with Crippen molar-refractivity contribution in [1.29, 1.82) is 5.26 Å². The number of hydrogen-bond donors (Lipinski definition) is 0. The fourth-order valence-electron chi connectivity index (χ4n) is 2.19. The minimum absolute atomic E-state index is 0.0375. The van der Waals surface area contributed by atoms with Crippen LogP contribution in [0.2, 0.25) is 0 Å². The van der Waals surface area contributed by atoms with Crippen LogP contribution in [0.1, 0.15) is 36.2 Å². The highest BCUT2D eigenvalue weighted by Gasteiger charge is 2.13. The lowest BCUT2D eigenvalue weighted by atomic mass is 10.0. The summed E-state index contributed by atoms with van der Waals surface area (Å²) in [4.78, 5) is 16.1. The van der Waals surface area contributed by atoms with Gasteiger partial charge in [0.15, 0.2) is 5.78 Å². The third kappa shape index (κ3) is 4.36. The predicted molar refractivity (Wildman–Crippen MR) is 82.2 cm³/mol. The summed E-state index contributed by atoms with van der Waals surface area (Å²) in [7, 11) is 4.10. The third-order valence-corrected chi connectivity index (χ3v) is 3.26. The highest BCUT2D eigenvalue weighted by atomic mass is 16.1. The minimum atomic E-state index is 0.0375. The topological polar surface area (TPSA) is 47.3 Å². The molecule has 0 aliphatic heterocycles. The van der Waals surface area contributed by atoms with E-state index in [4.69, 9.17) is 5.26 Å². The van der Waals surface area contributed by atoms with Crippen LogP contribution < -0.4 is 4.90 Å². The number of rotatable bonds is 7. The van der Waals surface area contributed by atoms with Crippen molar-refractivity contribution in [3.05, 3.63) is 29.3 Å². The molecule has 1 aromatic carbocycles. The Morgan fingerprint density at radius 2 is 2.00 bits per heavy atom. The Balaban J connectivity index is 3.00. The maximum absolute atomic E-state index is 11.8. The van der Waals surface area contributed by atoms with E-state index in [0.717, 1.165) is 31.7 Å². The van der Waals surface area contributed by atoms with Gasteiger partial charge in [-0.1, -0.05) is 0 Å². The molecule has 0 aromatic heterocycles. The molecule has 0 fully saturated rings. The van der Waals surface area contributed by atoms with Gasteiger partial charge in [-0.15, -0.1) is 0 Å². The average Bonchev–Trinajstić information content (AvgIpc) is 2.42. The molecule has 0 aliphatic rings. The largest absolute Gasteiger partial charge is 0.371 e. The van der Waals surface area contributed by atoms with Gasteiger partial charge in [-0.3, -0.25) is 4.79 Å². The number of ketones is 1. The Morgan fingerprint density at radius 3 is 2.50 bits per heavy atom. The Morgan fingerprint density at radius 1 is 1.30 bits per heavy atom. The fraction of sp³-hybridized carbons (Fsp3) is 0.500. The summed E-state index contributed by atoms with van der Waals surface area (Å²) in [6, 6.07) is 7.41. The zero-order valence-corrected chi connectivity index (χ0v) is 12.8. The van der Waals surface area contributed by atoms with Gasteiger partial charge >= 0.3 is 0 Å². The lowest BCUT2D eigenvalue weighted by Crippen LogP contribution is -2.28. The number of carbonyl (C=O) groups excluding carboxylic acids is 1. The van der Waals surface area contributed by atoms with Crippen LogP contribution in [0.25, 0.3) is 0 Å². The van der Waals surface area contributed by atoms with E-state index in [1.54, 1.807) is 19.1 Å². The van der Waals surface area contributed by atoms with Gasteiger partial charge in [0.2, 0.25) is 0 Å². The molecule has 0 aliphatic carbocycles. The highest BCUT2D eigenvalue weighted by Crippen LogP contribution is 2.23. The number of anilines is 1. The molecule has 0 spiro atoms. The summed E-state index contributed by atoms with van der Waals surface area (Å²) in [6.07, 6.45) is 1.02. The fourth-order valence-corrected chi connectivity index (χ4v) is 2.19. The van der Waals surface area contributed by atoms with Crippen molar-refractivity contribution in [3.8, 4) is 6.07 Å². The van der Waals surface area contributed by atoms with Crippen molar-refractivity contribution in [2.45, 2.75) is 20.3 Å². The second-order valence-electron chi connectivity index (χ2n) is 5.14. The molecule has 0 unspecified atom stereocenters. The molecule has 4 heteroatoms. The van der Waals surface area contributed by atoms with Gasteiger partial charge in [0, 0.05) is 24.3 Å². The summed E-state index contributed by atoms with van der Waals surface area (Å²) in [5.41, 5.74) is 2.16. The molecular weight excluding hydrogens is 250 g/mol. The smallest absolute Gasteiger partial charge is 0.161 e. The maximum Gasteiger partial charge on any atom is 0.161 e. The Hall–Kier alpha value is -1.86. The van der Waals surface area contributed by atoms with Crippen molar-refractivity contribution >= 4 is 11.5 Å². The second-order valence-corrected chi connectivity index (χ2v) is 5.14. The summed E-state index contributed by atoms with van der Waals surface area (Å²) < 4.78 is 0. The minimum Gasteiger partial charge on any atom is -0.371 e. The van der Waals surface area contributed by atoms with Gasteiger partial charge in [-0.25, -0.2) is 0 Å². The zero-order valence-electron chi connectivity index (χ0n) is 12.8. The number of nitrogens with zero attached hydrogens (tertiary/aromatic N) is 3.